The van der Waals surface area contributed by atoms with Crippen LogP contribution in [0.2, 0.25) is 0 Å². The Morgan fingerprint density at radius 2 is 2.11 bits per heavy atom. The molecular formula is C13H19N5. The van der Waals surface area contributed by atoms with Gasteiger partial charge < -0.3 is 9.88 Å². The lowest BCUT2D eigenvalue weighted by molar-refractivity contribution is 0.620. The van der Waals surface area contributed by atoms with Gasteiger partial charge >= 0.3 is 0 Å². The van der Waals surface area contributed by atoms with Crippen LogP contribution in [0.25, 0.3) is 0 Å². The van der Waals surface area contributed by atoms with Gasteiger partial charge in [-0.3, -0.25) is 4.98 Å². The molecule has 96 valence electrons. The molecule has 0 unspecified atom stereocenters. The minimum atomic E-state index is 0.862. The van der Waals surface area contributed by atoms with Gasteiger partial charge in [0.05, 0.1) is 23.9 Å². The van der Waals surface area contributed by atoms with Crippen molar-refractivity contribution in [2.24, 2.45) is 0 Å². The Labute approximate surface area is 107 Å². The fourth-order valence-corrected chi connectivity index (χ4v) is 1.68. The third-order valence-corrected chi connectivity index (χ3v) is 2.90. The van der Waals surface area contributed by atoms with Gasteiger partial charge in [-0.2, -0.15) is 0 Å². The summed E-state index contributed by atoms with van der Waals surface area (Å²) in [6.07, 6.45) is 9.67. The van der Waals surface area contributed by atoms with E-state index in [1.54, 1.807) is 6.20 Å². The Bertz CT molecular complexity index is 478. The lowest BCUT2D eigenvalue weighted by Gasteiger charge is -2.07. The summed E-state index contributed by atoms with van der Waals surface area (Å²) < 4.78 is 2.09. The Morgan fingerprint density at radius 3 is 2.83 bits per heavy atom. The smallest absolute Gasteiger partial charge is 0.144 e. The number of hydrogen-bond donors (Lipinski definition) is 1. The minimum absolute atomic E-state index is 0.862. The van der Waals surface area contributed by atoms with Crippen LogP contribution >= 0.6 is 0 Å². The molecule has 0 saturated carbocycles. The molecule has 0 amide bonds. The van der Waals surface area contributed by atoms with E-state index in [2.05, 4.69) is 24.8 Å². The molecule has 0 spiro atoms. The zero-order chi connectivity index (χ0) is 12.8. The molecule has 0 aromatic carbocycles. The molecule has 5 nitrogen and oxygen atoms in total. The molecule has 0 saturated heterocycles. The number of nitrogens with one attached hydrogen (secondary N) is 1. The molecule has 0 bridgehead atoms. The fourth-order valence-electron chi connectivity index (χ4n) is 1.68. The number of nitrogens with zero attached hydrogens (tertiary/aromatic N) is 4. The summed E-state index contributed by atoms with van der Waals surface area (Å²) in [5.41, 5.74) is 1.97. The maximum absolute atomic E-state index is 4.43. The maximum Gasteiger partial charge on any atom is 0.144 e. The van der Waals surface area contributed by atoms with Gasteiger partial charge in [-0.15, -0.1) is 0 Å². The van der Waals surface area contributed by atoms with E-state index in [0.29, 0.717) is 0 Å². The van der Waals surface area contributed by atoms with Crippen molar-refractivity contribution in [1.29, 1.82) is 0 Å². The molecule has 0 atom stereocenters. The third-order valence-electron chi connectivity index (χ3n) is 2.90. The third kappa shape index (κ3) is 3.55. The molecule has 0 fully saturated rings. The first-order valence-corrected chi connectivity index (χ1v) is 6.25. The van der Waals surface area contributed by atoms with Gasteiger partial charge in [0.1, 0.15) is 5.82 Å². The fraction of sp³-hybridized carbons (Fsp3) is 0.462. The van der Waals surface area contributed by atoms with E-state index in [0.717, 1.165) is 43.1 Å². The quantitative estimate of drug-likeness (QED) is 0.793. The number of aromatic nitrogens is 4. The summed E-state index contributed by atoms with van der Waals surface area (Å²) in [5.74, 6) is 0.862. The first kappa shape index (κ1) is 12.5. The molecule has 18 heavy (non-hydrogen) atoms. The normalized spacial score (nSPS) is 10.6. The predicted octanol–water partition coefficient (Wildman–Crippen LogP) is 2.18. The number of imidazole rings is 1. The van der Waals surface area contributed by atoms with Crippen LogP contribution in [0.15, 0.2) is 24.9 Å². The summed E-state index contributed by atoms with van der Waals surface area (Å²) >= 11 is 0. The van der Waals surface area contributed by atoms with E-state index in [4.69, 9.17) is 0 Å². The van der Waals surface area contributed by atoms with Crippen molar-refractivity contribution in [2.75, 3.05) is 11.9 Å². The van der Waals surface area contributed by atoms with E-state index in [1.807, 2.05) is 32.6 Å². The monoisotopic (exact) mass is 245 g/mol. The van der Waals surface area contributed by atoms with Crippen LogP contribution in [-0.4, -0.2) is 26.1 Å². The van der Waals surface area contributed by atoms with E-state index in [-0.39, 0.29) is 0 Å². The van der Waals surface area contributed by atoms with E-state index in [1.165, 1.54) is 0 Å². The Kier molecular flexibility index (Phi) is 4.28. The van der Waals surface area contributed by atoms with Crippen molar-refractivity contribution in [1.82, 2.24) is 19.5 Å². The molecule has 2 aromatic heterocycles. The number of hydrogen-bond acceptors (Lipinski definition) is 4. The van der Waals surface area contributed by atoms with Crippen molar-refractivity contribution in [3.05, 3.63) is 36.3 Å². The van der Waals surface area contributed by atoms with E-state index >= 15 is 0 Å². The lowest BCUT2D eigenvalue weighted by Crippen LogP contribution is -2.06. The first-order valence-electron chi connectivity index (χ1n) is 6.25. The molecular weight excluding hydrogens is 226 g/mol. The molecule has 1 N–H and O–H groups in total. The molecule has 2 rings (SSSR count). The zero-order valence-corrected chi connectivity index (χ0v) is 10.9. The van der Waals surface area contributed by atoms with Gasteiger partial charge in [0.2, 0.25) is 0 Å². The van der Waals surface area contributed by atoms with Crippen LogP contribution in [-0.2, 0) is 6.54 Å². The van der Waals surface area contributed by atoms with Crippen molar-refractivity contribution in [3.8, 4) is 0 Å². The van der Waals surface area contributed by atoms with Crippen LogP contribution in [0, 0.1) is 13.8 Å². The van der Waals surface area contributed by atoms with Crippen molar-refractivity contribution >= 4 is 5.82 Å². The number of aryl methyl sites for hydroxylation is 3. The average Bonchev–Trinajstić information content (AvgIpc) is 2.86. The summed E-state index contributed by atoms with van der Waals surface area (Å²) in [4.78, 5) is 12.7. The summed E-state index contributed by atoms with van der Waals surface area (Å²) in [6, 6.07) is 0. The van der Waals surface area contributed by atoms with Gasteiger partial charge in [0.15, 0.2) is 0 Å². The van der Waals surface area contributed by atoms with Gasteiger partial charge in [0.25, 0.3) is 0 Å². The summed E-state index contributed by atoms with van der Waals surface area (Å²) in [5, 5.41) is 3.29. The Morgan fingerprint density at radius 1 is 1.22 bits per heavy atom. The average molecular weight is 245 g/mol. The second kappa shape index (κ2) is 6.14. The number of rotatable bonds is 6. The standard InChI is InChI=1S/C13H19N5/c1-11-12(2)17-13(9-16-11)15-5-3-4-7-18-8-6-14-10-18/h6,8-10H,3-5,7H2,1-2H3,(H,15,17). The van der Waals surface area contributed by atoms with Crippen LogP contribution in [0.1, 0.15) is 24.2 Å². The van der Waals surface area contributed by atoms with Crippen molar-refractivity contribution in [3.63, 3.8) is 0 Å². The highest BCUT2D eigenvalue weighted by Crippen LogP contribution is 2.06. The highest BCUT2D eigenvalue weighted by atomic mass is 15.0. The molecule has 0 radical (unpaired) electrons. The topological polar surface area (TPSA) is 55.6 Å². The minimum Gasteiger partial charge on any atom is -0.369 e. The molecule has 5 heteroatoms. The number of anilines is 1. The summed E-state index contributed by atoms with van der Waals surface area (Å²) in [6.45, 7) is 5.88. The second-order valence-corrected chi connectivity index (χ2v) is 4.36. The molecule has 2 aromatic rings. The number of unbranched alkanes of at least 4 members (excludes halogenated alkanes) is 1. The van der Waals surface area contributed by atoms with Crippen LogP contribution in [0.5, 0.6) is 0 Å². The van der Waals surface area contributed by atoms with Gasteiger partial charge in [-0.25, -0.2) is 9.97 Å². The van der Waals surface area contributed by atoms with Crippen molar-refractivity contribution in [2.45, 2.75) is 33.2 Å². The largest absolute Gasteiger partial charge is 0.369 e. The molecule has 0 aliphatic rings. The predicted molar refractivity (Wildman–Crippen MR) is 71.5 cm³/mol. The molecule has 0 aliphatic heterocycles. The van der Waals surface area contributed by atoms with Crippen LogP contribution in [0.4, 0.5) is 5.82 Å². The Balaban J connectivity index is 1.67. The SMILES string of the molecule is Cc1ncc(NCCCCn2ccnc2)nc1C. The second-order valence-electron chi connectivity index (χ2n) is 4.36. The lowest BCUT2D eigenvalue weighted by atomic mass is 10.3. The molecule has 0 aliphatic carbocycles. The maximum atomic E-state index is 4.43. The van der Waals surface area contributed by atoms with Crippen molar-refractivity contribution < 1.29 is 0 Å². The van der Waals surface area contributed by atoms with Gasteiger partial charge in [0, 0.05) is 25.5 Å². The van der Waals surface area contributed by atoms with Gasteiger partial charge in [-0.1, -0.05) is 0 Å². The van der Waals surface area contributed by atoms with Crippen LogP contribution < -0.4 is 5.32 Å². The van der Waals surface area contributed by atoms with Crippen LogP contribution in [0.3, 0.4) is 0 Å². The van der Waals surface area contributed by atoms with E-state index in [9.17, 15) is 0 Å². The summed E-state index contributed by atoms with van der Waals surface area (Å²) in [7, 11) is 0. The van der Waals surface area contributed by atoms with E-state index < -0.39 is 0 Å². The highest BCUT2D eigenvalue weighted by Gasteiger charge is 1.98. The zero-order valence-electron chi connectivity index (χ0n) is 10.9. The molecule has 2 heterocycles. The first-order chi connectivity index (χ1) is 8.75. The van der Waals surface area contributed by atoms with Gasteiger partial charge in [-0.05, 0) is 26.7 Å². The highest BCUT2D eigenvalue weighted by molar-refractivity contribution is 5.32. The Hall–Kier alpha value is -1.91.